The largest absolute Gasteiger partial charge is 0.373 e. The molecule has 5 heteroatoms. The minimum atomic E-state index is -0.0287. The number of hydrogen-bond donors (Lipinski definition) is 1. The van der Waals surface area contributed by atoms with Crippen LogP contribution in [-0.2, 0) is 11.2 Å². The Kier molecular flexibility index (Phi) is 4.10. The molecule has 1 aromatic rings. The van der Waals surface area contributed by atoms with Crippen LogP contribution in [0.5, 0.6) is 0 Å². The summed E-state index contributed by atoms with van der Waals surface area (Å²) < 4.78 is 5.54. The first-order valence-corrected chi connectivity index (χ1v) is 6.16. The first kappa shape index (κ1) is 12.1. The second kappa shape index (κ2) is 5.78. The van der Waals surface area contributed by atoms with E-state index in [9.17, 15) is 0 Å². The summed E-state index contributed by atoms with van der Waals surface area (Å²) in [6.07, 6.45) is 6.45. The third kappa shape index (κ3) is 2.83. The molecule has 17 heavy (non-hydrogen) atoms. The number of hydrogen-bond acceptors (Lipinski definition) is 4. The molecule has 0 spiro atoms. The first-order chi connectivity index (χ1) is 8.35. The van der Waals surface area contributed by atoms with Gasteiger partial charge in [0.2, 0.25) is 0 Å². The number of nitrogens with zero attached hydrogens (tertiary/aromatic N) is 3. The van der Waals surface area contributed by atoms with E-state index in [1.807, 2.05) is 0 Å². The number of methoxy groups -OCH3 is 1. The van der Waals surface area contributed by atoms with E-state index in [2.05, 4.69) is 21.3 Å². The number of aromatic nitrogens is 3. The van der Waals surface area contributed by atoms with Crippen molar-refractivity contribution in [1.29, 1.82) is 5.26 Å². The topological polar surface area (TPSA) is 74.6 Å². The number of nitrogens with one attached hydrogen (secondary N) is 1. The number of nitriles is 1. The Labute approximate surface area is 101 Å². The van der Waals surface area contributed by atoms with Crippen molar-refractivity contribution in [3.8, 4) is 6.07 Å². The molecule has 0 radical (unpaired) electrons. The second-order valence-corrected chi connectivity index (χ2v) is 4.53. The molecule has 1 saturated carbocycles. The quantitative estimate of drug-likeness (QED) is 0.866. The smallest absolute Gasteiger partial charge is 0.179 e. The number of rotatable bonds is 4. The summed E-state index contributed by atoms with van der Waals surface area (Å²) in [7, 11) is 1.71. The molecule has 0 amide bonds. The van der Waals surface area contributed by atoms with E-state index in [0.29, 0.717) is 17.6 Å². The number of aromatic amines is 1. The molecule has 0 bridgehead atoms. The molecule has 1 N–H and O–H groups in total. The fourth-order valence-corrected chi connectivity index (χ4v) is 2.54. The van der Waals surface area contributed by atoms with Gasteiger partial charge in [-0.25, -0.2) is 4.98 Å². The average Bonchev–Trinajstić information content (AvgIpc) is 2.81. The van der Waals surface area contributed by atoms with Crippen molar-refractivity contribution in [2.75, 3.05) is 7.11 Å². The Bertz CT molecular complexity index is 389. The molecule has 1 atom stereocenters. The monoisotopic (exact) mass is 234 g/mol. The van der Waals surface area contributed by atoms with E-state index >= 15 is 0 Å². The van der Waals surface area contributed by atoms with Crippen molar-refractivity contribution in [2.45, 2.75) is 44.6 Å². The summed E-state index contributed by atoms with van der Waals surface area (Å²) in [5.74, 6) is 1.84. The van der Waals surface area contributed by atoms with E-state index in [4.69, 9.17) is 10.00 Å². The summed E-state index contributed by atoms with van der Waals surface area (Å²) >= 11 is 0. The highest BCUT2D eigenvalue weighted by Gasteiger charge is 2.27. The predicted octanol–water partition coefficient (Wildman–Crippen LogP) is 2.14. The molecule has 0 saturated heterocycles. The molecule has 1 unspecified atom stereocenters. The van der Waals surface area contributed by atoms with Crippen LogP contribution in [0.15, 0.2) is 0 Å². The summed E-state index contributed by atoms with van der Waals surface area (Å²) in [5.41, 5.74) is 0. The van der Waals surface area contributed by atoms with Crippen LogP contribution < -0.4 is 0 Å². The Morgan fingerprint density at radius 3 is 2.88 bits per heavy atom. The van der Waals surface area contributed by atoms with E-state index < -0.39 is 0 Å². The van der Waals surface area contributed by atoms with E-state index in [1.165, 1.54) is 32.1 Å². The lowest BCUT2D eigenvalue weighted by atomic mass is 9.85. The molecule has 1 aromatic heterocycles. The van der Waals surface area contributed by atoms with Crippen LogP contribution in [0.4, 0.5) is 0 Å². The van der Waals surface area contributed by atoms with E-state index in [0.717, 1.165) is 0 Å². The maximum atomic E-state index is 8.60. The summed E-state index contributed by atoms with van der Waals surface area (Å²) in [6, 6.07) is 2.06. The molecule has 1 aliphatic rings. The van der Waals surface area contributed by atoms with Crippen molar-refractivity contribution >= 4 is 0 Å². The van der Waals surface area contributed by atoms with Gasteiger partial charge in [-0.3, -0.25) is 5.10 Å². The van der Waals surface area contributed by atoms with Gasteiger partial charge in [0.25, 0.3) is 0 Å². The van der Waals surface area contributed by atoms with E-state index in [-0.39, 0.29) is 12.5 Å². The SMILES string of the molecule is COC(c1n[nH]c(CC#N)n1)C1CCCCC1. The highest BCUT2D eigenvalue weighted by atomic mass is 16.5. The zero-order chi connectivity index (χ0) is 12.1. The van der Waals surface area contributed by atoms with Crippen LogP contribution in [0.3, 0.4) is 0 Å². The minimum Gasteiger partial charge on any atom is -0.373 e. The van der Waals surface area contributed by atoms with Gasteiger partial charge in [-0.05, 0) is 18.8 Å². The molecule has 5 nitrogen and oxygen atoms in total. The molecule has 0 aliphatic heterocycles. The van der Waals surface area contributed by atoms with E-state index in [1.54, 1.807) is 7.11 Å². The molecule has 92 valence electrons. The maximum Gasteiger partial charge on any atom is 0.179 e. The van der Waals surface area contributed by atoms with Gasteiger partial charge >= 0.3 is 0 Å². The van der Waals surface area contributed by atoms with Gasteiger partial charge in [0, 0.05) is 7.11 Å². The normalized spacial score (nSPS) is 18.8. The molecular weight excluding hydrogens is 216 g/mol. The van der Waals surface area contributed by atoms with Crippen LogP contribution >= 0.6 is 0 Å². The molecule has 1 aliphatic carbocycles. The zero-order valence-corrected chi connectivity index (χ0v) is 10.1. The van der Waals surface area contributed by atoms with Crippen molar-refractivity contribution in [3.63, 3.8) is 0 Å². The standard InChI is InChI=1S/C12H18N4O/c1-17-11(9-5-3-2-4-6-9)12-14-10(7-8-13)15-16-12/h9,11H,2-7H2,1H3,(H,14,15,16). The fourth-order valence-electron chi connectivity index (χ4n) is 2.54. The lowest BCUT2D eigenvalue weighted by Crippen LogP contribution is -2.19. The average molecular weight is 234 g/mol. The summed E-state index contributed by atoms with van der Waals surface area (Å²) in [5, 5.41) is 15.6. The second-order valence-electron chi connectivity index (χ2n) is 4.53. The zero-order valence-electron chi connectivity index (χ0n) is 10.1. The number of ether oxygens (including phenoxy) is 1. The van der Waals surface area contributed by atoms with Gasteiger partial charge in [-0.2, -0.15) is 10.4 Å². The summed E-state index contributed by atoms with van der Waals surface area (Å²) in [4.78, 5) is 4.33. The maximum absolute atomic E-state index is 8.60. The molecule has 1 heterocycles. The first-order valence-electron chi connectivity index (χ1n) is 6.16. The Hall–Kier alpha value is -1.41. The lowest BCUT2D eigenvalue weighted by molar-refractivity contribution is 0.0291. The third-order valence-electron chi connectivity index (χ3n) is 3.38. The Morgan fingerprint density at radius 2 is 2.24 bits per heavy atom. The van der Waals surface area contributed by atoms with Crippen molar-refractivity contribution < 1.29 is 4.74 Å². The van der Waals surface area contributed by atoms with Gasteiger partial charge in [-0.1, -0.05) is 19.3 Å². The molecule has 2 rings (SSSR count). The fraction of sp³-hybridized carbons (Fsp3) is 0.750. The number of H-pyrrole nitrogens is 1. The van der Waals surface area contributed by atoms with Crippen molar-refractivity contribution in [3.05, 3.63) is 11.6 Å². The van der Waals surface area contributed by atoms with Gasteiger partial charge in [-0.15, -0.1) is 0 Å². The molecular formula is C12H18N4O. The summed E-state index contributed by atoms with van der Waals surface area (Å²) in [6.45, 7) is 0. The van der Waals surface area contributed by atoms with Gasteiger partial charge in [0.15, 0.2) is 5.82 Å². The lowest BCUT2D eigenvalue weighted by Gasteiger charge is -2.27. The Morgan fingerprint density at radius 1 is 1.47 bits per heavy atom. The van der Waals surface area contributed by atoms with Gasteiger partial charge in [0.1, 0.15) is 11.9 Å². The molecule has 1 fully saturated rings. The van der Waals surface area contributed by atoms with Crippen molar-refractivity contribution in [1.82, 2.24) is 15.2 Å². The van der Waals surface area contributed by atoms with Gasteiger partial charge < -0.3 is 4.74 Å². The highest BCUT2D eigenvalue weighted by Crippen LogP contribution is 2.34. The minimum absolute atomic E-state index is 0.0287. The third-order valence-corrected chi connectivity index (χ3v) is 3.38. The van der Waals surface area contributed by atoms with Crippen molar-refractivity contribution in [2.24, 2.45) is 5.92 Å². The highest BCUT2D eigenvalue weighted by molar-refractivity contribution is 5.00. The van der Waals surface area contributed by atoms with Crippen LogP contribution in [-0.4, -0.2) is 22.3 Å². The van der Waals surface area contributed by atoms with Crippen LogP contribution in [0.1, 0.15) is 49.9 Å². The Balaban J connectivity index is 2.08. The molecule has 0 aromatic carbocycles. The van der Waals surface area contributed by atoms with Crippen LogP contribution in [0.2, 0.25) is 0 Å². The van der Waals surface area contributed by atoms with Crippen LogP contribution in [0, 0.1) is 17.2 Å². The van der Waals surface area contributed by atoms with Crippen LogP contribution in [0.25, 0.3) is 0 Å². The predicted molar refractivity (Wildman–Crippen MR) is 62.0 cm³/mol. The van der Waals surface area contributed by atoms with Gasteiger partial charge in [0.05, 0.1) is 12.5 Å².